The highest BCUT2D eigenvalue weighted by Gasteiger charge is 2.39. The van der Waals surface area contributed by atoms with E-state index >= 15 is 0 Å². The molecule has 0 radical (unpaired) electrons. The van der Waals surface area contributed by atoms with E-state index in [9.17, 15) is 4.79 Å². The summed E-state index contributed by atoms with van der Waals surface area (Å²) in [5.74, 6) is -0.112. The van der Waals surface area contributed by atoms with Gasteiger partial charge in [0.25, 0.3) is 0 Å². The maximum absolute atomic E-state index is 11.9. The van der Waals surface area contributed by atoms with E-state index in [4.69, 9.17) is 9.84 Å². The number of nitrogens with one attached hydrogen (secondary N) is 1. The predicted molar refractivity (Wildman–Crippen MR) is 66.8 cm³/mol. The molecule has 4 nitrogen and oxygen atoms in total. The monoisotopic (exact) mass is 243 g/mol. The van der Waals surface area contributed by atoms with E-state index in [2.05, 4.69) is 5.32 Å². The molecular weight excluding hydrogens is 218 g/mol. The third-order valence-corrected chi connectivity index (χ3v) is 3.58. The molecule has 0 atom stereocenters. The van der Waals surface area contributed by atoms with E-state index in [0.717, 1.165) is 51.5 Å². The van der Waals surface area contributed by atoms with Gasteiger partial charge in [-0.15, -0.1) is 0 Å². The van der Waals surface area contributed by atoms with E-state index in [0.29, 0.717) is 0 Å². The molecule has 17 heavy (non-hydrogen) atoms. The minimum Gasteiger partial charge on any atom is -0.468 e. The Morgan fingerprint density at radius 3 is 2.53 bits per heavy atom. The zero-order chi connectivity index (χ0) is 12.6. The molecule has 0 aromatic carbocycles. The molecule has 0 heterocycles. The standard InChI is InChI=1S/C13H25NO3/c1-17-12(16)13(8-4-2-5-9-13)14-10-6-3-7-11-15/h14-15H,2-11H2,1H3. The number of methoxy groups -OCH3 is 1. The van der Waals surface area contributed by atoms with Crippen molar-refractivity contribution in [2.75, 3.05) is 20.3 Å². The summed E-state index contributed by atoms with van der Waals surface area (Å²) in [4.78, 5) is 11.9. The molecule has 4 heteroatoms. The van der Waals surface area contributed by atoms with Crippen LogP contribution in [0.15, 0.2) is 0 Å². The molecule has 0 spiro atoms. The van der Waals surface area contributed by atoms with Crippen molar-refractivity contribution in [3.63, 3.8) is 0 Å². The minimum absolute atomic E-state index is 0.112. The minimum atomic E-state index is -0.438. The van der Waals surface area contributed by atoms with Gasteiger partial charge in [-0.3, -0.25) is 4.79 Å². The summed E-state index contributed by atoms with van der Waals surface area (Å²) in [6.07, 6.45) is 8.02. The Kier molecular flexibility index (Phi) is 6.52. The number of ether oxygens (including phenoxy) is 1. The van der Waals surface area contributed by atoms with Gasteiger partial charge in [-0.05, 0) is 38.6 Å². The van der Waals surface area contributed by atoms with Crippen molar-refractivity contribution >= 4 is 5.97 Å². The molecule has 1 aliphatic carbocycles. The van der Waals surface area contributed by atoms with Crippen LogP contribution in [-0.2, 0) is 9.53 Å². The molecule has 0 amide bonds. The van der Waals surface area contributed by atoms with Crippen LogP contribution in [-0.4, -0.2) is 36.9 Å². The van der Waals surface area contributed by atoms with Crippen LogP contribution in [0.1, 0.15) is 51.4 Å². The summed E-state index contributed by atoms with van der Waals surface area (Å²) >= 11 is 0. The Hall–Kier alpha value is -0.610. The Labute approximate surface area is 104 Å². The Balaban J connectivity index is 2.38. The van der Waals surface area contributed by atoms with E-state index in [1.165, 1.54) is 13.5 Å². The van der Waals surface area contributed by atoms with Gasteiger partial charge >= 0.3 is 5.97 Å². The topological polar surface area (TPSA) is 58.6 Å². The van der Waals surface area contributed by atoms with Crippen LogP contribution >= 0.6 is 0 Å². The van der Waals surface area contributed by atoms with Gasteiger partial charge in [0.1, 0.15) is 5.54 Å². The number of unbranched alkanes of at least 4 members (excludes halogenated alkanes) is 2. The number of carbonyl (C=O) groups is 1. The van der Waals surface area contributed by atoms with Crippen LogP contribution in [0.4, 0.5) is 0 Å². The zero-order valence-electron chi connectivity index (χ0n) is 10.8. The van der Waals surface area contributed by atoms with Crippen molar-refractivity contribution in [1.29, 1.82) is 0 Å². The first-order chi connectivity index (χ1) is 8.25. The fourth-order valence-electron chi connectivity index (χ4n) is 2.55. The highest BCUT2D eigenvalue weighted by atomic mass is 16.5. The average Bonchev–Trinajstić information content (AvgIpc) is 2.38. The molecule has 0 unspecified atom stereocenters. The van der Waals surface area contributed by atoms with Crippen LogP contribution in [0, 0.1) is 0 Å². The fourth-order valence-corrected chi connectivity index (χ4v) is 2.55. The number of hydrogen-bond donors (Lipinski definition) is 2. The summed E-state index contributed by atoms with van der Waals surface area (Å²) in [7, 11) is 1.46. The molecule has 1 aliphatic rings. The van der Waals surface area contributed by atoms with E-state index in [1.807, 2.05) is 0 Å². The maximum atomic E-state index is 11.9. The molecule has 0 aliphatic heterocycles. The Bertz CT molecular complexity index is 225. The largest absolute Gasteiger partial charge is 0.468 e. The maximum Gasteiger partial charge on any atom is 0.326 e. The molecule has 0 bridgehead atoms. The van der Waals surface area contributed by atoms with Gasteiger partial charge in [0.05, 0.1) is 7.11 Å². The second kappa shape index (κ2) is 7.67. The summed E-state index contributed by atoms with van der Waals surface area (Å²) < 4.78 is 4.93. The first-order valence-corrected chi connectivity index (χ1v) is 6.69. The van der Waals surface area contributed by atoms with Crippen LogP contribution < -0.4 is 5.32 Å². The SMILES string of the molecule is COC(=O)C1(NCCCCCO)CCCCC1. The number of aliphatic hydroxyl groups excluding tert-OH is 1. The lowest BCUT2D eigenvalue weighted by Crippen LogP contribution is -2.54. The fraction of sp³-hybridized carbons (Fsp3) is 0.923. The second-order valence-corrected chi connectivity index (χ2v) is 4.85. The van der Waals surface area contributed by atoms with Crippen molar-refractivity contribution in [3.05, 3.63) is 0 Å². The van der Waals surface area contributed by atoms with Gasteiger partial charge in [0.2, 0.25) is 0 Å². The van der Waals surface area contributed by atoms with Gasteiger partial charge in [-0.1, -0.05) is 19.3 Å². The average molecular weight is 243 g/mol. The molecule has 0 aromatic rings. The van der Waals surface area contributed by atoms with Gasteiger partial charge in [0.15, 0.2) is 0 Å². The molecule has 1 fully saturated rings. The van der Waals surface area contributed by atoms with Crippen LogP contribution in [0.25, 0.3) is 0 Å². The first-order valence-electron chi connectivity index (χ1n) is 6.69. The molecule has 0 aromatic heterocycles. The van der Waals surface area contributed by atoms with Crippen LogP contribution in [0.5, 0.6) is 0 Å². The first kappa shape index (κ1) is 14.5. The van der Waals surface area contributed by atoms with Gasteiger partial charge in [-0.2, -0.15) is 0 Å². The lowest BCUT2D eigenvalue weighted by Gasteiger charge is -2.35. The predicted octanol–water partition coefficient (Wildman–Crippen LogP) is 1.61. The number of aliphatic hydroxyl groups is 1. The molecule has 1 rings (SSSR count). The molecule has 2 N–H and O–H groups in total. The Morgan fingerprint density at radius 2 is 1.94 bits per heavy atom. The molecule has 1 saturated carbocycles. The quantitative estimate of drug-likeness (QED) is 0.527. The molecule has 0 saturated heterocycles. The third-order valence-electron chi connectivity index (χ3n) is 3.58. The van der Waals surface area contributed by atoms with Gasteiger partial charge in [0, 0.05) is 6.61 Å². The van der Waals surface area contributed by atoms with Gasteiger partial charge in [-0.25, -0.2) is 0 Å². The summed E-state index contributed by atoms with van der Waals surface area (Å²) in [5, 5.41) is 12.1. The smallest absolute Gasteiger partial charge is 0.326 e. The van der Waals surface area contributed by atoms with Crippen LogP contribution in [0.3, 0.4) is 0 Å². The summed E-state index contributed by atoms with van der Waals surface area (Å²) in [5.41, 5.74) is -0.438. The molecule has 100 valence electrons. The highest BCUT2D eigenvalue weighted by molar-refractivity contribution is 5.80. The van der Waals surface area contributed by atoms with Crippen molar-refractivity contribution in [1.82, 2.24) is 5.32 Å². The third kappa shape index (κ3) is 4.28. The summed E-state index contributed by atoms with van der Waals surface area (Å²) in [6, 6.07) is 0. The number of rotatable bonds is 7. The highest BCUT2D eigenvalue weighted by Crippen LogP contribution is 2.29. The van der Waals surface area contributed by atoms with Crippen molar-refractivity contribution < 1.29 is 14.6 Å². The number of carbonyl (C=O) groups excluding carboxylic acids is 1. The second-order valence-electron chi connectivity index (χ2n) is 4.85. The summed E-state index contributed by atoms with van der Waals surface area (Å²) in [6.45, 7) is 1.08. The zero-order valence-corrected chi connectivity index (χ0v) is 10.8. The van der Waals surface area contributed by atoms with Gasteiger partial charge < -0.3 is 15.2 Å². The van der Waals surface area contributed by atoms with E-state index in [1.54, 1.807) is 0 Å². The molecular formula is C13H25NO3. The Morgan fingerprint density at radius 1 is 1.24 bits per heavy atom. The number of esters is 1. The van der Waals surface area contributed by atoms with Crippen molar-refractivity contribution in [2.45, 2.75) is 56.9 Å². The number of hydrogen-bond acceptors (Lipinski definition) is 4. The normalized spacial score (nSPS) is 18.9. The lowest BCUT2D eigenvalue weighted by atomic mass is 9.81. The lowest BCUT2D eigenvalue weighted by molar-refractivity contribution is -0.150. The van der Waals surface area contributed by atoms with Crippen LogP contribution in [0.2, 0.25) is 0 Å². The van der Waals surface area contributed by atoms with E-state index in [-0.39, 0.29) is 12.6 Å². The van der Waals surface area contributed by atoms with Crippen molar-refractivity contribution in [2.24, 2.45) is 0 Å². The van der Waals surface area contributed by atoms with Crippen molar-refractivity contribution in [3.8, 4) is 0 Å². The van der Waals surface area contributed by atoms with E-state index < -0.39 is 5.54 Å².